The van der Waals surface area contributed by atoms with Gasteiger partial charge in [0, 0.05) is 80.5 Å². The number of halogens is 1. The average molecular weight is 451 g/mol. The summed E-state index contributed by atoms with van der Waals surface area (Å²) in [4.78, 5) is 13.7. The van der Waals surface area contributed by atoms with Crippen LogP contribution >= 0.6 is 0 Å². The smallest absolute Gasteiger partial charge is 0.159 e. The molecule has 1 aliphatic heterocycles. The Kier molecular flexibility index (Phi) is 7.65. The van der Waals surface area contributed by atoms with Crippen LogP contribution in [0.5, 0.6) is 5.75 Å². The first-order valence-electron chi connectivity index (χ1n) is 11.3. The van der Waals surface area contributed by atoms with Gasteiger partial charge in [0.05, 0.1) is 7.11 Å². The lowest BCUT2D eigenvalue weighted by atomic mass is 10.1. The average Bonchev–Trinajstić information content (AvgIpc) is 2.82. The zero-order valence-electron chi connectivity index (χ0n) is 19.2. The Bertz CT molecular complexity index is 1060. The summed E-state index contributed by atoms with van der Waals surface area (Å²) < 4.78 is 19.6. The summed E-state index contributed by atoms with van der Waals surface area (Å²) in [6, 6.07) is 13.3. The van der Waals surface area contributed by atoms with Crippen molar-refractivity contribution < 1.29 is 14.2 Å². The van der Waals surface area contributed by atoms with Crippen LogP contribution in [0.3, 0.4) is 0 Å². The molecule has 7 heteroatoms. The Balaban J connectivity index is 1.39. The predicted octanol–water partition coefficient (Wildman–Crippen LogP) is 3.67. The Hall–Kier alpha value is -2.87. The number of rotatable bonds is 8. The van der Waals surface area contributed by atoms with Crippen LogP contribution in [-0.2, 0) is 13.1 Å². The minimum absolute atomic E-state index is 0.106. The maximum atomic E-state index is 14.5. The first-order valence-corrected chi connectivity index (χ1v) is 11.3. The van der Waals surface area contributed by atoms with Crippen molar-refractivity contribution in [3.8, 4) is 17.1 Å². The molecule has 1 aromatic heterocycles. The second kappa shape index (κ2) is 10.8. The predicted molar refractivity (Wildman–Crippen MR) is 126 cm³/mol. The normalized spacial score (nSPS) is 17.3. The number of ether oxygens (including phenoxy) is 1. The van der Waals surface area contributed by atoms with Gasteiger partial charge in [0.1, 0.15) is 11.6 Å². The molecule has 0 unspecified atom stereocenters. The summed E-state index contributed by atoms with van der Waals surface area (Å²) in [5.74, 6) is 0.987. The second-order valence-corrected chi connectivity index (χ2v) is 8.61. The van der Waals surface area contributed by atoms with E-state index in [0.29, 0.717) is 24.3 Å². The van der Waals surface area contributed by atoms with Crippen LogP contribution in [0.15, 0.2) is 54.9 Å². The minimum Gasteiger partial charge on any atom is -0.497 e. The zero-order chi connectivity index (χ0) is 23.2. The number of benzene rings is 2. The monoisotopic (exact) mass is 450 g/mol. The Morgan fingerprint density at radius 1 is 1.09 bits per heavy atom. The van der Waals surface area contributed by atoms with Crippen molar-refractivity contribution in [2.24, 2.45) is 0 Å². The summed E-state index contributed by atoms with van der Waals surface area (Å²) in [6.45, 7) is 5.90. The number of aliphatic hydroxyl groups excluding tert-OH is 1. The van der Waals surface area contributed by atoms with Crippen LogP contribution in [0.25, 0.3) is 11.4 Å². The Morgan fingerprint density at radius 3 is 2.61 bits per heavy atom. The summed E-state index contributed by atoms with van der Waals surface area (Å²) in [6.07, 6.45) is 4.44. The molecule has 174 valence electrons. The number of hydrogen-bond acceptors (Lipinski definition) is 6. The highest BCUT2D eigenvalue weighted by atomic mass is 19.1. The lowest BCUT2D eigenvalue weighted by Crippen LogP contribution is -2.52. The molecule has 33 heavy (non-hydrogen) atoms. The first kappa shape index (κ1) is 23.3. The van der Waals surface area contributed by atoms with Crippen molar-refractivity contribution in [1.82, 2.24) is 19.8 Å². The summed E-state index contributed by atoms with van der Waals surface area (Å²) in [7, 11) is 1.53. The molecule has 0 spiro atoms. The maximum absolute atomic E-state index is 14.5. The van der Waals surface area contributed by atoms with Crippen LogP contribution in [0.2, 0.25) is 0 Å². The molecule has 4 rings (SSSR count). The molecular formula is C26H31FN4O2. The van der Waals surface area contributed by atoms with Crippen molar-refractivity contribution in [2.75, 3.05) is 33.4 Å². The maximum Gasteiger partial charge on any atom is 0.159 e. The van der Waals surface area contributed by atoms with E-state index in [4.69, 9.17) is 4.74 Å². The van der Waals surface area contributed by atoms with E-state index in [2.05, 4.69) is 38.8 Å². The lowest BCUT2D eigenvalue weighted by molar-refractivity contribution is 0.0492. The molecule has 6 nitrogen and oxygen atoms in total. The largest absolute Gasteiger partial charge is 0.497 e. The number of aromatic nitrogens is 2. The molecule has 1 atom stereocenters. The van der Waals surface area contributed by atoms with E-state index in [-0.39, 0.29) is 18.5 Å². The van der Waals surface area contributed by atoms with Gasteiger partial charge in [-0.2, -0.15) is 0 Å². The Labute approximate surface area is 194 Å². The summed E-state index contributed by atoms with van der Waals surface area (Å²) >= 11 is 0. The van der Waals surface area contributed by atoms with Crippen molar-refractivity contribution >= 4 is 0 Å². The van der Waals surface area contributed by atoms with E-state index in [0.717, 1.165) is 43.1 Å². The number of nitrogens with zero attached hydrogens (tertiary/aromatic N) is 4. The van der Waals surface area contributed by atoms with Gasteiger partial charge in [-0.05, 0) is 25.5 Å². The molecule has 2 aromatic carbocycles. The number of methoxy groups -OCH3 is 1. The second-order valence-electron chi connectivity index (χ2n) is 8.61. The van der Waals surface area contributed by atoms with Crippen LogP contribution in [-0.4, -0.2) is 64.3 Å². The summed E-state index contributed by atoms with van der Waals surface area (Å²) in [5, 5.41) is 9.60. The van der Waals surface area contributed by atoms with Gasteiger partial charge in [-0.25, -0.2) is 14.4 Å². The van der Waals surface area contributed by atoms with E-state index in [1.54, 1.807) is 12.1 Å². The van der Waals surface area contributed by atoms with Crippen molar-refractivity contribution in [2.45, 2.75) is 32.5 Å². The molecule has 0 radical (unpaired) electrons. The van der Waals surface area contributed by atoms with Gasteiger partial charge in [-0.1, -0.05) is 29.8 Å². The fourth-order valence-electron chi connectivity index (χ4n) is 4.36. The topological polar surface area (TPSA) is 61.7 Å². The van der Waals surface area contributed by atoms with E-state index in [9.17, 15) is 9.50 Å². The quantitative estimate of drug-likeness (QED) is 0.565. The molecular weight excluding hydrogens is 419 g/mol. The van der Waals surface area contributed by atoms with Gasteiger partial charge < -0.3 is 9.84 Å². The molecule has 1 N–H and O–H groups in total. The number of hydrogen-bond donors (Lipinski definition) is 1. The number of aliphatic hydroxyl groups is 1. The van der Waals surface area contributed by atoms with Gasteiger partial charge in [0.15, 0.2) is 5.82 Å². The first-order chi connectivity index (χ1) is 16.1. The van der Waals surface area contributed by atoms with E-state index < -0.39 is 0 Å². The molecule has 1 fully saturated rings. The zero-order valence-corrected chi connectivity index (χ0v) is 19.2. The SMILES string of the molecule is COc1ccc(CN2CCN(Cc3cnc(-c4cccc(C)c4)nc3)C[C@@H]2CCO)c(F)c1. The molecule has 0 aliphatic carbocycles. The fourth-order valence-corrected chi connectivity index (χ4v) is 4.36. The Morgan fingerprint density at radius 2 is 1.91 bits per heavy atom. The highest BCUT2D eigenvalue weighted by Gasteiger charge is 2.27. The highest BCUT2D eigenvalue weighted by Crippen LogP contribution is 2.22. The van der Waals surface area contributed by atoms with Gasteiger partial charge in [0.2, 0.25) is 0 Å². The molecule has 0 saturated carbocycles. The van der Waals surface area contributed by atoms with Crippen LogP contribution in [0.1, 0.15) is 23.1 Å². The van der Waals surface area contributed by atoms with E-state index in [1.807, 2.05) is 24.5 Å². The van der Waals surface area contributed by atoms with Crippen molar-refractivity contribution in [3.05, 3.63) is 77.4 Å². The van der Waals surface area contributed by atoms with Crippen LogP contribution in [0, 0.1) is 12.7 Å². The molecule has 0 bridgehead atoms. The molecule has 2 heterocycles. The van der Waals surface area contributed by atoms with Gasteiger partial charge in [-0.15, -0.1) is 0 Å². The van der Waals surface area contributed by atoms with Crippen molar-refractivity contribution in [1.29, 1.82) is 0 Å². The van der Waals surface area contributed by atoms with Gasteiger partial charge in [-0.3, -0.25) is 9.80 Å². The highest BCUT2D eigenvalue weighted by molar-refractivity contribution is 5.55. The van der Waals surface area contributed by atoms with Crippen molar-refractivity contribution in [3.63, 3.8) is 0 Å². The van der Waals surface area contributed by atoms with Crippen LogP contribution in [0.4, 0.5) is 4.39 Å². The van der Waals surface area contributed by atoms with E-state index >= 15 is 0 Å². The van der Waals surface area contributed by atoms with Crippen LogP contribution < -0.4 is 4.74 Å². The third kappa shape index (κ3) is 5.93. The molecule has 1 saturated heterocycles. The number of piperazine rings is 1. The summed E-state index contributed by atoms with van der Waals surface area (Å²) in [5.41, 5.74) is 3.91. The third-order valence-corrected chi connectivity index (χ3v) is 6.17. The molecule has 3 aromatic rings. The number of aryl methyl sites for hydroxylation is 1. The third-order valence-electron chi connectivity index (χ3n) is 6.17. The van der Waals surface area contributed by atoms with Gasteiger partial charge in [0.25, 0.3) is 0 Å². The van der Waals surface area contributed by atoms with E-state index in [1.165, 1.54) is 18.7 Å². The standard InChI is InChI=1S/C26H31FN4O2/c1-19-4-3-5-21(12-19)26-28-14-20(15-29-26)16-30-9-10-31(23(18-30)8-11-32)17-22-6-7-24(33-2)13-25(22)27/h3-7,12-15,23,32H,8-11,16-18H2,1-2H3/t23-/m0/s1. The molecule has 0 amide bonds. The van der Waals surface area contributed by atoms with Gasteiger partial charge >= 0.3 is 0 Å². The lowest BCUT2D eigenvalue weighted by Gasteiger charge is -2.41. The minimum atomic E-state index is -0.259. The molecule has 1 aliphatic rings. The fraction of sp³-hybridized carbons (Fsp3) is 0.385.